The number of nitrogens with two attached hydrogens (primary N) is 1. The highest BCUT2D eigenvalue weighted by Crippen LogP contribution is 2.37. The molecule has 1 aromatic heterocycles. The number of nitrogens with zero attached hydrogens (tertiary/aromatic N) is 2. The van der Waals surface area contributed by atoms with Crippen molar-refractivity contribution < 1.29 is 9.18 Å². The van der Waals surface area contributed by atoms with Crippen molar-refractivity contribution in [2.75, 3.05) is 26.2 Å². The van der Waals surface area contributed by atoms with Gasteiger partial charge in [-0.2, -0.15) is 0 Å². The van der Waals surface area contributed by atoms with Crippen LogP contribution in [-0.4, -0.2) is 48.3 Å². The highest BCUT2D eigenvalue weighted by Gasteiger charge is 2.33. The largest absolute Gasteiger partial charge is 0.320 e. The Morgan fingerprint density at radius 3 is 2.00 bits per heavy atom. The monoisotopic (exact) mass is 513 g/mol. The highest BCUT2D eigenvalue weighted by atomic mass is 32.1. The van der Waals surface area contributed by atoms with Gasteiger partial charge in [0.15, 0.2) is 0 Å². The maximum atomic E-state index is 13.6. The topological polar surface area (TPSA) is 49.6 Å². The molecule has 0 amide bonds. The van der Waals surface area contributed by atoms with Crippen LogP contribution in [0, 0.1) is 12.7 Å². The number of hydrogen-bond donors (Lipinski definition) is 1. The number of piperazine rings is 1. The van der Waals surface area contributed by atoms with E-state index in [4.69, 9.17) is 5.73 Å². The third-order valence-electron chi connectivity index (χ3n) is 7.23. The van der Waals surface area contributed by atoms with Crippen LogP contribution in [0.15, 0.2) is 91.0 Å². The third-order valence-corrected chi connectivity index (χ3v) is 8.42. The van der Waals surface area contributed by atoms with Crippen molar-refractivity contribution in [3.8, 4) is 10.4 Å². The number of rotatable bonds is 8. The lowest BCUT2D eigenvalue weighted by Crippen LogP contribution is -2.52. The molecule has 1 saturated heterocycles. The quantitative estimate of drug-likeness (QED) is 0.301. The van der Waals surface area contributed by atoms with Crippen molar-refractivity contribution >= 4 is 17.6 Å². The molecular weight excluding hydrogens is 481 g/mol. The minimum absolute atomic E-state index is 0.178. The molecule has 37 heavy (non-hydrogen) atoms. The molecule has 2 atom stereocenters. The Hall–Kier alpha value is -3.16. The average molecular weight is 514 g/mol. The molecule has 0 saturated carbocycles. The van der Waals surface area contributed by atoms with Crippen molar-refractivity contribution in [2.24, 2.45) is 5.73 Å². The zero-order valence-electron chi connectivity index (χ0n) is 21.0. The zero-order valence-corrected chi connectivity index (χ0v) is 21.8. The van der Waals surface area contributed by atoms with Crippen LogP contribution in [0.1, 0.15) is 33.7 Å². The van der Waals surface area contributed by atoms with E-state index in [0.29, 0.717) is 0 Å². The van der Waals surface area contributed by atoms with Gasteiger partial charge in [0.2, 0.25) is 0 Å². The molecule has 2 heterocycles. The molecule has 4 aromatic rings. The van der Waals surface area contributed by atoms with Crippen molar-refractivity contribution in [3.05, 3.63) is 118 Å². The van der Waals surface area contributed by atoms with Gasteiger partial charge in [0.05, 0.1) is 18.1 Å². The van der Waals surface area contributed by atoms with Crippen LogP contribution in [-0.2, 0) is 4.79 Å². The molecule has 0 spiro atoms. The SMILES string of the molecule is Cc1cc(F)ccc1-c1ccc(C(C(N)C=O)N2CCN(C(c3ccccc3)c3ccccc3)CC2)s1. The summed E-state index contributed by atoms with van der Waals surface area (Å²) in [6.45, 7) is 5.27. The number of aryl methyl sites for hydroxylation is 1. The summed E-state index contributed by atoms with van der Waals surface area (Å²) in [6.07, 6.45) is 0.857. The van der Waals surface area contributed by atoms with Gasteiger partial charge < -0.3 is 10.5 Å². The van der Waals surface area contributed by atoms with Crippen LogP contribution in [0.25, 0.3) is 10.4 Å². The lowest BCUT2D eigenvalue weighted by atomic mass is 9.96. The summed E-state index contributed by atoms with van der Waals surface area (Å²) in [4.78, 5) is 18.9. The van der Waals surface area contributed by atoms with Gasteiger partial charge in [-0.05, 0) is 53.4 Å². The fourth-order valence-electron chi connectivity index (χ4n) is 5.41. The summed E-state index contributed by atoms with van der Waals surface area (Å²) in [7, 11) is 0. The van der Waals surface area contributed by atoms with E-state index in [1.165, 1.54) is 17.2 Å². The Kier molecular flexibility index (Phi) is 7.91. The molecule has 0 radical (unpaired) electrons. The molecule has 1 aliphatic rings. The van der Waals surface area contributed by atoms with Crippen LogP contribution in [0.5, 0.6) is 0 Å². The second-order valence-electron chi connectivity index (χ2n) is 9.62. The van der Waals surface area contributed by atoms with E-state index in [1.54, 1.807) is 17.4 Å². The van der Waals surface area contributed by atoms with E-state index >= 15 is 0 Å². The Labute approximate surface area is 222 Å². The summed E-state index contributed by atoms with van der Waals surface area (Å²) < 4.78 is 13.6. The molecule has 1 aliphatic heterocycles. The summed E-state index contributed by atoms with van der Waals surface area (Å²) >= 11 is 1.64. The predicted molar refractivity (Wildman–Crippen MR) is 149 cm³/mol. The molecule has 0 aliphatic carbocycles. The number of carbonyl (C=O) groups is 1. The fraction of sp³-hybridized carbons (Fsp3) is 0.258. The van der Waals surface area contributed by atoms with Crippen molar-refractivity contribution in [3.63, 3.8) is 0 Å². The van der Waals surface area contributed by atoms with Gasteiger partial charge in [-0.1, -0.05) is 66.7 Å². The molecule has 1 fully saturated rings. The molecule has 2 unspecified atom stereocenters. The number of hydrogen-bond acceptors (Lipinski definition) is 5. The van der Waals surface area contributed by atoms with Crippen LogP contribution in [0.3, 0.4) is 0 Å². The number of halogens is 1. The highest BCUT2D eigenvalue weighted by molar-refractivity contribution is 7.15. The van der Waals surface area contributed by atoms with Gasteiger partial charge >= 0.3 is 0 Å². The molecule has 2 N–H and O–H groups in total. The molecular formula is C31H32FN3OS. The van der Waals surface area contributed by atoms with Gasteiger partial charge in [-0.3, -0.25) is 9.80 Å². The standard InChI is InChI=1S/C31H32FN3OS/c1-22-20-25(32)12-13-26(22)28-14-15-29(37-28)31(27(33)21-36)35-18-16-34(17-19-35)30(23-8-4-2-5-9-23)24-10-6-3-7-11-24/h2-15,20-21,27,30-31H,16-19,33H2,1H3. The molecule has 0 bridgehead atoms. The molecule has 5 rings (SSSR count). The van der Waals surface area contributed by atoms with E-state index in [9.17, 15) is 9.18 Å². The third kappa shape index (κ3) is 5.58. The van der Waals surface area contributed by atoms with Crippen LogP contribution in [0.4, 0.5) is 4.39 Å². The van der Waals surface area contributed by atoms with Crippen LogP contribution < -0.4 is 5.73 Å². The lowest BCUT2D eigenvalue weighted by molar-refractivity contribution is -0.110. The van der Waals surface area contributed by atoms with E-state index < -0.39 is 6.04 Å². The van der Waals surface area contributed by atoms with Crippen molar-refractivity contribution in [1.29, 1.82) is 0 Å². The smallest absolute Gasteiger partial charge is 0.138 e. The molecule has 4 nitrogen and oxygen atoms in total. The zero-order chi connectivity index (χ0) is 25.8. The van der Waals surface area contributed by atoms with Gasteiger partial charge in [0.1, 0.15) is 12.1 Å². The molecule has 3 aromatic carbocycles. The van der Waals surface area contributed by atoms with E-state index in [2.05, 4.69) is 82.6 Å². The first kappa shape index (κ1) is 25.5. The van der Waals surface area contributed by atoms with Gasteiger partial charge in [0, 0.05) is 35.9 Å². The number of benzene rings is 3. The number of carbonyl (C=O) groups excluding carboxylic acids is 1. The summed E-state index contributed by atoms with van der Waals surface area (Å²) in [5, 5.41) is 0. The second kappa shape index (κ2) is 11.5. The Balaban J connectivity index is 1.37. The normalized spacial score (nSPS) is 16.5. The maximum absolute atomic E-state index is 13.6. The summed E-state index contributed by atoms with van der Waals surface area (Å²) in [5.74, 6) is -0.235. The maximum Gasteiger partial charge on any atom is 0.138 e. The predicted octanol–water partition coefficient (Wildman–Crippen LogP) is 5.84. The Morgan fingerprint density at radius 1 is 0.838 bits per heavy atom. The second-order valence-corrected chi connectivity index (χ2v) is 10.7. The minimum atomic E-state index is -0.619. The van der Waals surface area contributed by atoms with Gasteiger partial charge in [0.25, 0.3) is 0 Å². The molecule has 6 heteroatoms. The van der Waals surface area contributed by atoms with Crippen LogP contribution in [0.2, 0.25) is 0 Å². The summed E-state index contributed by atoms with van der Waals surface area (Å²) in [5.41, 5.74) is 10.8. The minimum Gasteiger partial charge on any atom is -0.320 e. The first-order valence-electron chi connectivity index (χ1n) is 12.7. The number of aldehydes is 1. The van der Waals surface area contributed by atoms with Gasteiger partial charge in [-0.15, -0.1) is 11.3 Å². The fourth-order valence-corrected chi connectivity index (χ4v) is 6.70. The lowest BCUT2D eigenvalue weighted by Gasteiger charge is -2.43. The first-order valence-corrected chi connectivity index (χ1v) is 13.5. The Bertz CT molecular complexity index is 1280. The number of thiophene rings is 1. The van der Waals surface area contributed by atoms with Crippen molar-refractivity contribution in [2.45, 2.75) is 25.0 Å². The van der Waals surface area contributed by atoms with E-state index in [-0.39, 0.29) is 17.9 Å². The van der Waals surface area contributed by atoms with Crippen LogP contribution >= 0.6 is 11.3 Å². The Morgan fingerprint density at radius 2 is 1.43 bits per heavy atom. The average Bonchev–Trinajstić information content (AvgIpc) is 3.40. The van der Waals surface area contributed by atoms with E-state index in [0.717, 1.165) is 53.3 Å². The van der Waals surface area contributed by atoms with Crippen molar-refractivity contribution in [1.82, 2.24) is 9.80 Å². The summed E-state index contributed by atoms with van der Waals surface area (Å²) in [6, 6.07) is 29.6. The molecule has 190 valence electrons. The van der Waals surface area contributed by atoms with Gasteiger partial charge in [-0.25, -0.2) is 4.39 Å². The first-order chi connectivity index (χ1) is 18.0. The van der Waals surface area contributed by atoms with E-state index in [1.807, 2.05) is 13.0 Å².